The van der Waals surface area contributed by atoms with Crippen molar-refractivity contribution in [3.63, 3.8) is 0 Å². The molecule has 0 rings (SSSR count). The van der Waals surface area contributed by atoms with E-state index in [4.69, 9.17) is 11.5 Å². The molecule has 0 fully saturated rings. The maximum absolute atomic E-state index is 10.9. The molecule has 12 heavy (non-hydrogen) atoms. The Morgan fingerprint density at radius 1 is 1.33 bits per heavy atom. The predicted octanol–water partition coefficient (Wildman–Crippen LogP) is -0.399. The molecule has 0 bridgehead atoms. The Hall–Kier alpha value is -0.740. The van der Waals surface area contributed by atoms with Gasteiger partial charge in [0.15, 0.2) is 5.78 Å². The number of carbonyl (C=O) groups is 2. The number of unbranched alkanes of at least 4 members (excludes halogenated alkanes) is 1. The SMILES string of the molecule is CC(=O)C(=O)[C@@H](N)CCCCN. The van der Waals surface area contributed by atoms with Gasteiger partial charge in [-0.25, -0.2) is 0 Å². The average Bonchev–Trinajstić information content (AvgIpc) is 2.03. The first-order valence-corrected chi connectivity index (χ1v) is 4.10. The molecule has 0 aliphatic carbocycles. The summed E-state index contributed by atoms with van der Waals surface area (Å²) in [5.41, 5.74) is 10.7. The van der Waals surface area contributed by atoms with E-state index in [9.17, 15) is 9.59 Å². The number of Topliss-reactive ketones (excluding diaryl/α,β-unsaturated/α-hetero) is 2. The summed E-state index contributed by atoms with van der Waals surface area (Å²) in [4.78, 5) is 21.5. The fraction of sp³-hybridized carbons (Fsp3) is 0.750. The highest BCUT2D eigenvalue weighted by Gasteiger charge is 2.16. The summed E-state index contributed by atoms with van der Waals surface area (Å²) in [7, 11) is 0. The third kappa shape index (κ3) is 4.20. The zero-order chi connectivity index (χ0) is 9.56. The minimum Gasteiger partial charge on any atom is -0.330 e. The van der Waals surface area contributed by atoms with Crippen LogP contribution >= 0.6 is 0 Å². The lowest BCUT2D eigenvalue weighted by Gasteiger charge is -2.06. The predicted molar refractivity (Wildman–Crippen MR) is 46.6 cm³/mol. The molecular weight excluding hydrogens is 156 g/mol. The van der Waals surface area contributed by atoms with Gasteiger partial charge >= 0.3 is 0 Å². The maximum atomic E-state index is 10.9. The number of hydrogen-bond donors (Lipinski definition) is 2. The minimum atomic E-state index is -0.631. The van der Waals surface area contributed by atoms with Crippen molar-refractivity contribution in [3.8, 4) is 0 Å². The molecule has 0 radical (unpaired) electrons. The summed E-state index contributed by atoms with van der Waals surface area (Å²) in [5.74, 6) is -0.942. The van der Waals surface area contributed by atoms with Crippen molar-refractivity contribution in [3.05, 3.63) is 0 Å². The Balaban J connectivity index is 3.64. The highest BCUT2D eigenvalue weighted by molar-refractivity contribution is 6.38. The molecule has 4 heteroatoms. The smallest absolute Gasteiger partial charge is 0.214 e. The molecule has 0 heterocycles. The lowest BCUT2D eigenvalue weighted by molar-refractivity contribution is -0.136. The second-order valence-electron chi connectivity index (χ2n) is 2.81. The van der Waals surface area contributed by atoms with Crippen molar-refractivity contribution in [1.29, 1.82) is 0 Å². The van der Waals surface area contributed by atoms with Crippen LogP contribution in [0.5, 0.6) is 0 Å². The highest BCUT2D eigenvalue weighted by atomic mass is 16.2. The van der Waals surface area contributed by atoms with Crippen LogP contribution in [-0.2, 0) is 9.59 Å². The molecule has 0 aromatic heterocycles. The molecule has 1 atom stereocenters. The molecule has 4 N–H and O–H groups in total. The van der Waals surface area contributed by atoms with Crippen molar-refractivity contribution in [2.45, 2.75) is 32.2 Å². The zero-order valence-corrected chi connectivity index (χ0v) is 7.38. The van der Waals surface area contributed by atoms with Crippen molar-refractivity contribution in [2.24, 2.45) is 11.5 Å². The third-order valence-electron chi connectivity index (χ3n) is 1.65. The molecule has 0 unspecified atom stereocenters. The van der Waals surface area contributed by atoms with Crippen LogP contribution in [0.2, 0.25) is 0 Å². The van der Waals surface area contributed by atoms with Crippen LogP contribution in [0.3, 0.4) is 0 Å². The third-order valence-corrected chi connectivity index (χ3v) is 1.65. The van der Waals surface area contributed by atoms with Crippen LogP contribution in [0.1, 0.15) is 26.2 Å². The zero-order valence-electron chi connectivity index (χ0n) is 7.38. The largest absolute Gasteiger partial charge is 0.330 e. The first-order valence-electron chi connectivity index (χ1n) is 4.10. The van der Waals surface area contributed by atoms with Crippen LogP contribution in [-0.4, -0.2) is 24.2 Å². The van der Waals surface area contributed by atoms with Gasteiger partial charge in [-0.15, -0.1) is 0 Å². The number of carbonyl (C=O) groups excluding carboxylic acids is 2. The monoisotopic (exact) mass is 172 g/mol. The molecule has 0 saturated carbocycles. The quantitative estimate of drug-likeness (QED) is 0.421. The molecule has 0 aliphatic heterocycles. The molecule has 0 aliphatic rings. The number of nitrogens with two attached hydrogens (primary N) is 2. The Labute approximate surface area is 72.3 Å². The highest BCUT2D eigenvalue weighted by Crippen LogP contribution is 1.99. The summed E-state index contributed by atoms with van der Waals surface area (Å²) >= 11 is 0. The lowest BCUT2D eigenvalue weighted by atomic mass is 10.0. The fourth-order valence-electron chi connectivity index (χ4n) is 0.901. The van der Waals surface area contributed by atoms with E-state index in [0.29, 0.717) is 13.0 Å². The van der Waals surface area contributed by atoms with Crippen molar-refractivity contribution >= 4 is 11.6 Å². The van der Waals surface area contributed by atoms with Crippen molar-refractivity contribution < 1.29 is 9.59 Å². The van der Waals surface area contributed by atoms with Gasteiger partial charge in [0.25, 0.3) is 0 Å². The number of ketones is 2. The summed E-state index contributed by atoms with van der Waals surface area (Å²) in [6.45, 7) is 1.84. The first kappa shape index (κ1) is 11.3. The molecule has 0 saturated heterocycles. The van der Waals surface area contributed by atoms with Crippen LogP contribution in [0.4, 0.5) is 0 Å². The first-order chi connectivity index (χ1) is 5.59. The van der Waals surface area contributed by atoms with Gasteiger partial charge in [-0.1, -0.05) is 6.42 Å². The van der Waals surface area contributed by atoms with E-state index in [-0.39, 0.29) is 0 Å². The Bertz CT molecular complexity index is 168. The molecule has 0 spiro atoms. The van der Waals surface area contributed by atoms with Gasteiger partial charge in [-0.05, 0) is 19.4 Å². The maximum Gasteiger partial charge on any atom is 0.214 e. The van der Waals surface area contributed by atoms with Gasteiger partial charge in [0.05, 0.1) is 6.04 Å². The van der Waals surface area contributed by atoms with Crippen LogP contribution in [0.15, 0.2) is 0 Å². The Kier molecular flexibility index (Phi) is 5.49. The number of rotatable bonds is 6. The minimum absolute atomic E-state index is 0.463. The molecule has 0 amide bonds. The van der Waals surface area contributed by atoms with E-state index >= 15 is 0 Å². The van der Waals surface area contributed by atoms with Crippen LogP contribution in [0, 0.1) is 0 Å². The summed E-state index contributed by atoms with van der Waals surface area (Å²) in [6.07, 6.45) is 2.20. The van der Waals surface area contributed by atoms with E-state index in [0.717, 1.165) is 12.8 Å². The van der Waals surface area contributed by atoms with Crippen molar-refractivity contribution in [1.82, 2.24) is 0 Å². The Morgan fingerprint density at radius 3 is 2.33 bits per heavy atom. The van der Waals surface area contributed by atoms with E-state index in [1.54, 1.807) is 0 Å². The topological polar surface area (TPSA) is 86.2 Å². The molecule has 4 nitrogen and oxygen atoms in total. The van der Waals surface area contributed by atoms with E-state index < -0.39 is 17.6 Å². The van der Waals surface area contributed by atoms with Crippen LogP contribution < -0.4 is 11.5 Å². The van der Waals surface area contributed by atoms with Gasteiger partial charge in [0.1, 0.15) is 0 Å². The normalized spacial score (nSPS) is 12.6. The van der Waals surface area contributed by atoms with E-state index in [2.05, 4.69) is 0 Å². The molecular formula is C8H16N2O2. The second-order valence-corrected chi connectivity index (χ2v) is 2.81. The molecule has 0 aromatic rings. The van der Waals surface area contributed by atoms with Crippen molar-refractivity contribution in [2.75, 3.05) is 6.54 Å². The summed E-state index contributed by atoms with van der Waals surface area (Å²) < 4.78 is 0. The lowest BCUT2D eigenvalue weighted by Crippen LogP contribution is -2.34. The van der Waals surface area contributed by atoms with E-state index in [1.807, 2.05) is 0 Å². The Morgan fingerprint density at radius 2 is 1.92 bits per heavy atom. The standard InChI is InChI=1S/C8H16N2O2/c1-6(11)8(12)7(10)4-2-3-5-9/h7H,2-5,9-10H2,1H3/t7-/m0/s1. The fourth-order valence-corrected chi connectivity index (χ4v) is 0.901. The van der Waals surface area contributed by atoms with Gasteiger partial charge in [0.2, 0.25) is 5.78 Å². The molecule has 70 valence electrons. The van der Waals surface area contributed by atoms with E-state index in [1.165, 1.54) is 6.92 Å². The second kappa shape index (κ2) is 5.85. The summed E-state index contributed by atoms with van der Waals surface area (Å²) in [5, 5.41) is 0. The van der Waals surface area contributed by atoms with Gasteiger partial charge in [0, 0.05) is 6.92 Å². The van der Waals surface area contributed by atoms with Gasteiger partial charge in [-0.2, -0.15) is 0 Å². The average molecular weight is 172 g/mol. The van der Waals surface area contributed by atoms with Gasteiger partial charge in [-0.3, -0.25) is 9.59 Å². The van der Waals surface area contributed by atoms with Gasteiger partial charge < -0.3 is 11.5 Å². The summed E-state index contributed by atoms with van der Waals surface area (Å²) in [6, 6.07) is -0.631. The molecule has 0 aromatic carbocycles. The number of hydrogen-bond acceptors (Lipinski definition) is 4. The van der Waals surface area contributed by atoms with Crippen LogP contribution in [0.25, 0.3) is 0 Å².